The summed E-state index contributed by atoms with van der Waals surface area (Å²) in [5.41, 5.74) is 1.04. The van der Waals surface area contributed by atoms with Crippen LogP contribution < -0.4 is 0 Å². The van der Waals surface area contributed by atoms with Gasteiger partial charge < -0.3 is 19.3 Å². The highest BCUT2D eigenvalue weighted by Crippen LogP contribution is 2.18. The lowest BCUT2D eigenvalue weighted by molar-refractivity contribution is -0.150. The van der Waals surface area contributed by atoms with Gasteiger partial charge in [-0.2, -0.15) is 0 Å². The number of carbonyl (C=O) groups is 2. The van der Waals surface area contributed by atoms with Crippen LogP contribution in [0.3, 0.4) is 0 Å². The molecular weight excluding hydrogens is 540 g/mol. The van der Waals surface area contributed by atoms with E-state index < -0.39 is 6.10 Å². The van der Waals surface area contributed by atoms with Crippen molar-refractivity contribution in [2.45, 2.75) is 174 Å². The Morgan fingerprint density at radius 3 is 1.67 bits per heavy atom. The van der Waals surface area contributed by atoms with Gasteiger partial charge in [0.05, 0.1) is 13.2 Å². The molecule has 1 aromatic rings. The fraction of sp³-hybridized carbons (Fsp3) is 0.784. The average molecular weight is 605 g/mol. The second-order valence-corrected chi connectivity index (χ2v) is 12.2. The van der Waals surface area contributed by atoms with E-state index in [1.54, 1.807) is 0 Å². The van der Waals surface area contributed by atoms with Gasteiger partial charge in [0.2, 0.25) is 0 Å². The lowest BCUT2D eigenvalue weighted by Gasteiger charge is -2.18. The Kier molecular flexibility index (Phi) is 26.2. The maximum absolute atomic E-state index is 12.5. The molecule has 0 heterocycles. The molecule has 0 aliphatic carbocycles. The van der Waals surface area contributed by atoms with Gasteiger partial charge in [-0.3, -0.25) is 9.59 Å². The van der Waals surface area contributed by atoms with E-state index in [9.17, 15) is 14.7 Å². The third kappa shape index (κ3) is 25.1. The fourth-order valence-electron chi connectivity index (χ4n) is 5.25. The molecule has 0 unspecified atom stereocenters. The van der Waals surface area contributed by atoms with Crippen molar-refractivity contribution in [2.24, 2.45) is 0 Å². The minimum absolute atomic E-state index is 0.0302. The Labute approximate surface area is 263 Å². The summed E-state index contributed by atoms with van der Waals surface area (Å²) in [6.07, 6.45) is 23.1. The zero-order valence-electron chi connectivity index (χ0n) is 27.7. The van der Waals surface area contributed by atoms with E-state index >= 15 is 0 Å². The van der Waals surface area contributed by atoms with E-state index in [1.807, 2.05) is 30.3 Å². The second-order valence-electron chi connectivity index (χ2n) is 12.2. The van der Waals surface area contributed by atoms with Crippen LogP contribution in [-0.2, 0) is 30.4 Å². The number of ether oxygens (including phenoxy) is 3. The summed E-state index contributed by atoms with van der Waals surface area (Å²) in [5, 5.41) is 9.97. The van der Waals surface area contributed by atoms with Crippen molar-refractivity contribution in [3.05, 3.63) is 35.9 Å². The van der Waals surface area contributed by atoms with E-state index in [0.29, 0.717) is 19.4 Å². The molecule has 0 saturated heterocycles. The molecule has 0 radical (unpaired) electrons. The highest BCUT2D eigenvalue weighted by molar-refractivity contribution is 5.69. The summed E-state index contributed by atoms with van der Waals surface area (Å²) >= 11 is 0. The van der Waals surface area contributed by atoms with Crippen molar-refractivity contribution in [2.75, 3.05) is 13.2 Å². The largest absolute Gasteiger partial charge is 0.463 e. The third-order valence-electron chi connectivity index (χ3n) is 7.93. The predicted octanol–water partition coefficient (Wildman–Crippen LogP) is 9.64. The Hall–Kier alpha value is -1.92. The first-order valence-corrected chi connectivity index (χ1v) is 17.7. The molecule has 248 valence electrons. The maximum atomic E-state index is 12.5. The van der Waals surface area contributed by atoms with Gasteiger partial charge in [-0.25, -0.2) is 0 Å². The van der Waals surface area contributed by atoms with Crippen LogP contribution in [0.4, 0.5) is 0 Å². The van der Waals surface area contributed by atoms with E-state index in [-0.39, 0.29) is 31.3 Å². The molecule has 0 amide bonds. The Balaban J connectivity index is 2.07. The van der Waals surface area contributed by atoms with Crippen LogP contribution in [0.2, 0.25) is 0 Å². The molecule has 6 heteroatoms. The minimum atomic E-state index is -0.819. The average Bonchev–Trinajstić information content (AvgIpc) is 3.01. The molecule has 0 aliphatic heterocycles. The maximum Gasteiger partial charge on any atom is 0.306 e. The van der Waals surface area contributed by atoms with Crippen LogP contribution in [0, 0.1) is 0 Å². The van der Waals surface area contributed by atoms with Gasteiger partial charge in [-0.15, -0.1) is 0 Å². The number of unbranched alkanes of at least 4 members (excludes halogenated alkanes) is 15. The minimum Gasteiger partial charge on any atom is -0.463 e. The van der Waals surface area contributed by atoms with Gasteiger partial charge in [-0.05, 0) is 44.1 Å². The molecule has 1 aromatic carbocycles. The molecule has 1 rings (SSSR count). The predicted molar refractivity (Wildman–Crippen MR) is 176 cm³/mol. The number of carbonyl (C=O) groups excluding carboxylic acids is 2. The summed E-state index contributed by atoms with van der Waals surface area (Å²) < 4.78 is 16.6. The van der Waals surface area contributed by atoms with Crippen molar-refractivity contribution in [3.8, 4) is 0 Å². The number of esters is 2. The first-order valence-electron chi connectivity index (χ1n) is 17.7. The summed E-state index contributed by atoms with van der Waals surface area (Å²) in [6.45, 7) is 5.01. The number of aliphatic hydroxyl groups excluding tert-OH is 1. The normalized spacial score (nSPS) is 12.0. The van der Waals surface area contributed by atoms with Crippen LogP contribution in [0.1, 0.15) is 161 Å². The monoisotopic (exact) mass is 604 g/mol. The van der Waals surface area contributed by atoms with Crippen LogP contribution in [0.5, 0.6) is 0 Å². The lowest BCUT2D eigenvalue weighted by Crippen LogP contribution is -2.23. The number of rotatable bonds is 30. The van der Waals surface area contributed by atoms with Crippen LogP contribution in [0.15, 0.2) is 30.3 Å². The molecule has 0 fully saturated rings. The van der Waals surface area contributed by atoms with Crippen molar-refractivity contribution >= 4 is 11.9 Å². The zero-order chi connectivity index (χ0) is 31.2. The number of hydrogen-bond donors (Lipinski definition) is 1. The van der Waals surface area contributed by atoms with E-state index in [4.69, 9.17) is 14.2 Å². The molecule has 0 spiro atoms. The van der Waals surface area contributed by atoms with E-state index in [1.165, 1.54) is 64.2 Å². The third-order valence-corrected chi connectivity index (χ3v) is 7.93. The molecule has 1 N–H and O–H groups in total. The van der Waals surface area contributed by atoms with Gasteiger partial charge in [0.25, 0.3) is 0 Å². The summed E-state index contributed by atoms with van der Waals surface area (Å²) in [4.78, 5) is 24.5. The van der Waals surface area contributed by atoms with Crippen LogP contribution in [-0.4, -0.2) is 42.5 Å². The van der Waals surface area contributed by atoms with Crippen molar-refractivity contribution in [3.63, 3.8) is 0 Å². The summed E-state index contributed by atoms with van der Waals surface area (Å²) in [7, 11) is 0. The van der Waals surface area contributed by atoms with Crippen LogP contribution in [0.25, 0.3) is 0 Å². The lowest BCUT2D eigenvalue weighted by atomic mass is 10.0. The summed E-state index contributed by atoms with van der Waals surface area (Å²) in [5.74, 6) is -0.307. The molecular formula is C37H64O6. The van der Waals surface area contributed by atoms with Crippen LogP contribution >= 0.6 is 0 Å². The fourth-order valence-corrected chi connectivity index (χ4v) is 5.25. The topological polar surface area (TPSA) is 82.1 Å². The van der Waals surface area contributed by atoms with Gasteiger partial charge in [0, 0.05) is 12.8 Å². The highest BCUT2D eigenvalue weighted by atomic mass is 16.6. The van der Waals surface area contributed by atoms with E-state index in [0.717, 1.165) is 69.8 Å². The summed E-state index contributed by atoms with van der Waals surface area (Å²) in [6, 6.07) is 9.76. The molecule has 0 aromatic heterocycles. The van der Waals surface area contributed by atoms with Crippen molar-refractivity contribution in [1.82, 2.24) is 0 Å². The first kappa shape index (κ1) is 39.1. The Bertz CT molecular complexity index is 752. The highest BCUT2D eigenvalue weighted by Gasteiger charge is 2.14. The number of aliphatic hydroxyl groups is 1. The Morgan fingerprint density at radius 2 is 1.12 bits per heavy atom. The number of hydrogen-bond acceptors (Lipinski definition) is 6. The standard InChI is InChI=1S/C37H64O6/c1-3-5-7-9-13-20-26-35(27-21-14-10-8-6-4-2)43-37(40)29-23-16-12-11-15-22-28-36(39)42-32-34(38)31-41-30-33-24-18-17-19-25-33/h17-19,24-25,34-35,38H,3-16,20-23,26-32H2,1-2H3/t34-/m1/s1. The molecule has 0 aliphatic rings. The molecule has 0 saturated carbocycles. The van der Waals surface area contributed by atoms with Gasteiger partial charge in [-0.1, -0.05) is 134 Å². The zero-order valence-corrected chi connectivity index (χ0v) is 27.7. The second kappa shape index (κ2) is 28.8. The van der Waals surface area contributed by atoms with Gasteiger partial charge >= 0.3 is 11.9 Å². The SMILES string of the molecule is CCCCCCCCC(CCCCCCCC)OC(=O)CCCCCCCCC(=O)OC[C@H](O)COCc1ccccc1. The molecule has 6 nitrogen and oxygen atoms in total. The van der Waals surface area contributed by atoms with Gasteiger partial charge in [0.15, 0.2) is 0 Å². The van der Waals surface area contributed by atoms with E-state index in [2.05, 4.69) is 13.8 Å². The quantitative estimate of drug-likeness (QED) is 0.0695. The smallest absolute Gasteiger partial charge is 0.306 e. The Morgan fingerprint density at radius 1 is 0.628 bits per heavy atom. The molecule has 43 heavy (non-hydrogen) atoms. The van der Waals surface area contributed by atoms with Gasteiger partial charge in [0.1, 0.15) is 18.8 Å². The first-order chi connectivity index (χ1) is 21.0. The number of benzene rings is 1. The molecule has 0 bridgehead atoms. The van der Waals surface area contributed by atoms with Crippen molar-refractivity contribution < 1.29 is 28.9 Å². The molecule has 1 atom stereocenters. The van der Waals surface area contributed by atoms with Crippen molar-refractivity contribution in [1.29, 1.82) is 0 Å².